The lowest BCUT2D eigenvalue weighted by Crippen LogP contribution is -2.30. The summed E-state index contributed by atoms with van der Waals surface area (Å²) in [5.74, 6) is 0.961. The molecule has 33 heavy (non-hydrogen) atoms. The molecule has 8 nitrogen and oxygen atoms in total. The predicted octanol–water partition coefficient (Wildman–Crippen LogP) is 4.76. The average Bonchev–Trinajstić information content (AvgIpc) is 3.48. The van der Waals surface area contributed by atoms with Gasteiger partial charge in [0.2, 0.25) is 5.95 Å². The molecule has 2 aromatic heterocycles. The lowest BCUT2D eigenvalue weighted by molar-refractivity contribution is 0.251. The van der Waals surface area contributed by atoms with E-state index in [1.165, 1.54) is 0 Å². The van der Waals surface area contributed by atoms with Crippen molar-refractivity contribution in [2.75, 3.05) is 16.8 Å². The first-order valence-electron chi connectivity index (χ1n) is 10.6. The first-order valence-corrected chi connectivity index (χ1v) is 11.0. The molecule has 3 heterocycles. The summed E-state index contributed by atoms with van der Waals surface area (Å²) in [4.78, 5) is 27.7. The minimum atomic E-state index is -0.178. The van der Waals surface area contributed by atoms with E-state index in [0.717, 1.165) is 16.9 Å². The van der Waals surface area contributed by atoms with E-state index in [1.807, 2.05) is 72.3 Å². The van der Waals surface area contributed by atoms with Gasteiger partial charge >= 0.3 is 6.03 Å². The number of carbonyl (C=O) groups is 1. The first-order chi connectivity index (χ1) is 16.1. The maximum absolute atomic E-state index is 12.6. The quantitative estimate of drug-likeness (QED) is 0.434. The van der Waals surface area contributed by atoms with Crippen molar-refractivity contribution in [1.29, 1.82) is 0 Å². The van der Waals surface area contributed by atoms with E-state index in [-0.39, 0.29) is 18.1 Å². The third kappa shape index (κ3) is 4.38. The number of halogens is 1. The molecule has 2 N–H and O–H groups in total. The fraction of sp³-hybridized carbons (Fsp3) is 0.167. The van der Waals surface area contributed by atoms with Gasteiger partial charge < -0.3 is 15.2 Å². The van der Waals surface area contributed by atoms with Gasteiger partial charge in [-0.2, -0.15) is 4.98 Å². The van der Waals surface area contributed by atoms with Crippen molar-refractivity contribution in [3.05, 3.63) is 95.7 Å². The zero-order valence-corrected chi connectivity index (χ0v) is 18.6. The van der Waals surface area contributed by atoms with Crippen LogP contribution < -0.4 is 15.5 Å². The second-order valence-electron chi connectivity index (χ2n) is 7.77. The molecule has 2 amide bonds. The lowest BCUT2D eigenvalue weighted by atomic mass is 10.1. The molecular weight excluding hydrogens is 438 g/mol. The zero-order valence-electron chi connectivity index (χ0n) is 17.9. The van der Waals surface area contributed by atoms with Crippen molar-refractivity contribution in [2.24, 2.45) is 0 Å². The minimum Gasteiger partial charge on any atom is -0.346 e. The summed E-state index contributed by atoms with van der Waals surface area (Å²) in [5.41, 5.74) is 2.85. The standard InChI is InChI=1S/C24H22ClN7O/c1-16(20-14-31(15-28-20)19-9-7-18(25)8-10-19)29-23-26-12-11-22(30-23)32-21(13-27-24(32)33)17-5-3-2-4-6-17/h2-12,14-16,21H,13H2,1H3,(H,27,33)(H,26,29,30)/t16-,21+/m0/s1. The van der Waals surface area contributed by atoms with Crippen LogP contribution in [0.15, 0.2) is 79.4 Å². The molecule has 1 fully saturated rings. The van der Waals surface area contributed by atoms with Crippen LogP contribution in [-0.2, 0) is 0 Å². The van der Waals surface area contributed by atoms with E-state index in [9.17, 15) is 4.79 Å². The smallest absolute Gasteiger partial charge is 0.323 e. The van der Waals surface area contributed by atoms with E-state index in [2.05, 4.69) is 25.6 Å². The Morgan fingerprint density at radius 1 is 1.09 bits per heavy atom. The molecule has 2 aromatic carbocycles. The van der Waals surface area contributed by atoms with Crippen molar-refractivity contribution in [1.82, 2.24) is 24.8 Å². The van der Waals surface area contributed by atoms with Gasteiger partial charge in [0.1, 0.15) is 5.82 Å². The fourth-order valence-corrected chi connectivity index (χ4v) is 3.97. The number of hydrogen-bond donors (Lipinski definition) is 2. The Morgan fingerprint density at radius 3 is 2.67 bits per heavy atom. The van der Waals surface area contributed by atoms with Crippen LogP contribution in [0.4, 0.5) is 16.6 Å². The Morgan fingerprint density at radius 2 is 1.88 bits per heavy atom. The number of aromatic nitrogens is 4. The Bertz CT molecular complexity index is 1260. The number of carbonyl (C=O) groups excluding carboxylic acids is 1. The molecule has 1 saturated heterocycles. The Balaban J connectivity index is 1.34. The van der Waals surface area contributed by atoms with Gasteiger partial charge in [-0.3, -0.25) is 4.90 Å². The maximum Gasteiger partial charge on any atom is 0.323 e. The number of nitrogens with one attached hydrogen (secondary N) is 2. The lowest BCUT2D eigenvalue weighted by Gasteiger charge is -2.23. The molecule has 0 spiro atoms. The molecular formula is C24H22ClN7O. The number of rotatable bonds is 6. The van der Waals surface area contributed by atoms with Crippen LogP contribution >= 0.6 is 11.6 Å². The number of anilines is 2. The van der Waals surface area contributed by atoms with Crippen LogP contribution in [0.1, 0.15) is 30.3 Å². The van der Waals surface area contributed by atoms with Crippen LogP contribution in [0.5, 0.6) is 0 Å². The van der Waals surface area contributed by atoms with Crippen LogP contribution in [0.3, 0.4) is 0 Å². The Labute approximate surface area is 196 Å². The number of urea groups is 1. The minimum absolute atomic E-state index is 0.131. The summed E-state index contributed by atoms with van der Waals surface area (Å²) in [6, 6.07) is 18.8. The van der Waals surface area contributed by atoms with E-state index in [1.54, 1.807) is 23.5 Å². The van der Waals surface area contributed by atoms with Gasteiger partial charge in [-0.1, -0.05) is 41.9 Å². The van der Waals surface area contributed by atoms with E-state index < -0.39 is 0 Å². The topological polar surface area (TPSA) is 88.0 Å². The van der Waals surface area contributed by atoms with Crippen molar-refractivity contribution >= 4 is 29.4 Å². The summed E-state index contributed by atoms with van der Waals surface area (Å²) in [6.07, 6.45) is 5.36. The number of amides is 2. The molecule has 0 radical (unpaired) electrons. The number of hydrogen-bond acceptors (Lipinski definition) is 5. The highest BCUT2D eigenvalue weighted by Gasteiger charge is 2.34. The molecule has 5 rings (SSSR count). The van der Waals surface area contributed by atoms with Gasteiger partial charge in [-0.05, 0) is 42.8 Å². The normalized spacial score (nSPS) is 16.5. The molecule has 4 aromatic rings. The van der Waals surface area contributed by atoms with Gasteiger partial charge in [0, 0.05) is 29.6 Å². The second-order valence-corrected chi connectivity index (χ2v) is 8.21. The van der Waals surface area contributed by atoms with Crippen molar-refractivity contribution < 1.29 is 4.79 Å². The molecule has 0 bridgehead atoms. The summed E-state index contributed by atoms with van der Waals surface area (Å²) in [5, 5.41) is 6.88. The van der Waals surface area contributed by atoms with Crippen LogP contribution in [0, 0.1) is 0 Å². The summed E-state index contributed by atoms with van der Waals surface area (Å²) in [7, 11) is 0. The fourth-order valence-electron chi connectivity index (χ4n) is 3.84. The number of imidazole rings is 1. The highest BCUT2D eigenvalue weighted by molar-refractivity contribution is 6.30. The third-order valence-electron chi connectivity index (χ3n) is 5.57. The second kappa shape index (κ2) is 8.91. The zero-order chi connectivity index (χ0) is 22.8. The summed E-state index contributed by atoms with van der Waals surface area (Å²) < 4.78 is 1.93. The number of nitrogens with zero attached hydrogens (tertiary/aromatic N) is 5. The predicted molar refractivity (Wildman–Crippen MR) is 128 cm³/mol. The van der Waals surface area contributed by atoms with Crippen LogP contribution in [0.25, 0.3) is 5.69 Å². The van der Waals surface area contributed by atoms with Crippen LogP contribution in [0.2, 0.25) is 5.02 Å². The summed E-state index contributed by atoms with van der Waals surface area (Å²) in [6.45, 7) is 2.51. The van der Waals surface area contributed by atoms with Gasteiger partial charge in [-0.15, -0.1) is 0 Å². The van der Waals surface area contributed by atoms with Crippen molar-refractivity contribution in [3.8, 4) is 5.69 Å². The monoisotopic (exact) mass is 459 g/mol. The average molecular weight is 460 g/mol. The number of benzene rings is 2. The molecule has 0 saturated carbocycles. The van der Waals surface area contributed by atoms with Crippen molar-refractivity contribution in [3.63, 3.8) is 0 Å². The van der Waals surface area contributed by atoms with E-state index in [4.69, 9.17) is 11.6 Å². The SMILES string of the molecule is C[C@H](Nc1nccc(N2C(=O)NC[C@@H]2c2ccccc2)n1)c1cn(-c2ccc(Cl)cc2)cn1. The molecule has 1 aliphatic rings. The largest absolute Gasteiger partial charge is 0.346 e. The third-order valence-corrected chi connectivity index (χ3v) is 5.82. The van der Waals surface area contributed by atoms with Gasteiger partial charge in [-0.25, -0.2) is 14.8 Å². The highest BCUT2D eigenvalue weighted by atomic mass is 35.5. The van der Waals surface area contributed by atoms with Gasteiger partial charge in [0.25, 0.3) is 0 Å². The molecule has 0 aliphatic carbocycles. The highest BCUT2D eigenvalue weighted by Crippen LogP contribution is 2.30. The van der Waals surface area contributed by atoms with Gasteiger partial charge in [0.15, 0.2) is 0 Å². The van der Waals surface area contributed by atoms with Gasteiger partial charge in [0.05, 0.1) is 24.1 Å². The molecule has 0 unspecified atom stereocenters. The molecule has 1 aliphatic heterocycles. The molecule has 9 heteroatoms. The molecule has 2 atom stereocenters. The Hall–Kier alpha value is -3.91. The first kappa shape index (κ1) is 21.0. The van der Waals surface area contributed by atoms with E-state index >= 15 is 0 Å². The van der Waals surface area contributed by atoms with Crippen molar-refractivity contribution in [2.45, 2.75) is 19.0 Å². The summed E-state index contributed by atoms with van der Waals surface area (Å²) >= 11 is 5.98. The van der Waals surface area contributed by atoms with Crippen LogP contribution in [-0.4, -0.2) is 32.1 Å². The molecule has 166 valence electrons. The van der Waals surface area contributed by atoms with E-state index in [0.29, 0.717) is 23.3 Å². The Kier molecular flexibility index (Phi) is 5.66. The maximum atomic E-state index is 12.6.